The van der Waals surface area contributed by atoms with E-state index in [2.05, 4.69) is 24.8 Å². The highest BCUT2D eigenvalue weighted by molar-refractivity contribution is 5.24. The SMILES string of the molecule is C=C[C](C#N)CCc1ccccc1. The average Bonchev–Trinajstić information content (AvgIpc) is 2.21. The number of nitrogens with zero attached hydrogens (tertiary/aromatic N) is 1. The van der Waals surface area contributed by atoms with Crippen LogP contribution < -0.4 is 0 Å². The molecular formula is C12H12N. The fraction of sp³-hybridized carbons (Fsp3) is 0.167. The largest absolute Gasteiger partial charge is 0.197 e. The summed E-state index contributed by atoms with van der Waals surface area (Å²) in [6.07, 6.45) is 3.32. The van der Waals surface area contributed by atoms with Crippen molar-refractivity contribution in [1.29, 1.82) is 5.26 Å². The average molecular weight is 170 g/mol. The van der Waals surface area contributed by atoms with Crippen LogP contribution in [0.1, 0.15) is 12.0 Å². The van der Waals surface area contributed by atoms with Crippen molar-refractivity contribution in [3.05, 3.63) is 54.5 Å². The Morgan fingerprint density at radius 2 is 2.08 bits per heavy atom. The Bertz CT molecular complexity index is 295. The third-order valence-corrected chi connectivity index (χ3v) is 1.92. The molecule has 0 aliphatic rings. The first-order valence-corrected chi connectivity index (χ1v) is 4.29. The molecule has 0 aliphatic carbocycles. The lowest BCUT2D eigenvalue weighted by molar-refractivity contribution is 0.912. The maximum Gasteiger partial charge on any atom is 0.0974 e. The Morgan fingerprint density at radius 3 is 2.62 bits per heavy atom. The normalized spacial score (nSPS) is 9.54. The van der Waals surface area contributed by atoms with Gasteiger partial charge in [-0.05, 0) is 18.4 Å². The summed E-state index contributed by atoms with van der Waals surface area (Å²) in [6, 6.07) is 12.3. The van der Waals surface area contributed by atoms with Crippen LogP contribution in [0.15, 0.2) is 43.0 Å². The molecule has 0 saturated heterocycles. The standard InChI is InChI=1S/C12H12N/c1-2-11(10-13)8-9-12-6-4-3-5-7-12/h2-7H,1,8-9H2. The van der Waals surface area contributed by atoms with Gasteiger partial charge in [0.2, 0.25) is 0 Å². The lowest BCUT2D eigenvalue weighted by atomic mass is 10.0. The molecule has 1 rings (SSSR count). The summed E-state index contributed by atoms with van der Waals surface area (Å²) in [6.45, 7) is 3.58. The van der Waals surface area contributed by atoms with Crippen LogP contribution in [0.25, 0.3) is 0 Å². The highest BCUT2D eigenvalue weighted by atomic mass is 14.3. The molecule has 0 fully saturated rings. The van der Waals surface area contributed by atoms with Gasteiger partial charge in [-0.15, -0.1) is 6.58 Å². The van der Waals surface area contributed by atoms with E-state index in [-0.39, 0.29) is 0 Å². The summed E-state index contributed by atoms with van der Waals surface area (Å²) in [5.74, 6) is 0.754. The zero-order valence-electron chi connectivity index (χ0n) is 7.53. The van der Waals surface area contributed by atoms with E-state index >= 15 is 0 Å². The predicted octanol–water partition coefficient (Wildman–Crippen LogP) is 2.90. The molecule has 0 bridgehead atoms. The minimum Gasteiger partial charge on any atom is -0.197 e. The Hall–Kier alpha value is -1.55. The number of allylic oxidation sites excluding steroid dienone is 1. The first-order valence-electron chi connectivity index (χ1n) is 4.29. The summed E-state index contributed by atoms with van der Waals surface area (Å²) in [4.78, 5) is 0. The highest BCUT2D eigenvalue weighted by Gasteiger charge is 2.02. The van der Waals surface area contributed by atoms with Crippen molar-refractivity contribution in [2.75, 3.05) is 0 Å². The van der Waals surface area contributed by atoms with Crippen molar-refractivity contribution in [3.8, 4) is 6.07 Å². The van der Waals surface area contributed by atoms with Gasteiger partial charge < -0.3 is 0 Å². The van der Waals surface area contributed by atoms with E-state index in [0.717, 1.165) is 18.8 Å². The van der Waals surface area contributed by atoms with Crippen LogP contribution in [0.4, 0.5) is 0 Å². The predicted molar refractivity (Wildman–Crippen MR) is 53.8 cm³/mol. The van der Waals surface area contributed by atoms with Crippen LogP contribution >= 0.6 is 0 Å². The van der Waals surface area contributed by atoms with Gasteiger partial charge in [-0.25, -0.2) is 0 Å². The van der Waals surface area contributed by atoms with Crippen LogP contribution in [0, 0.1) is 17.2 Å². The summed E-state index contributed by atoms with van der Waals surface area (Å²) >= 11 is 0. The van der Waals surface area contributed by atoms with Crippen LogP contribution in [-0.4, -0.2) is 0 Å². The van der Waals surface area contributed by atoms with E-state index in [1.165, 1.54) is 5.56 Å². The van der Waals surface area contributed by atoms with Gasteiger partial charge in [-0.1, -0.05) is 36.4 Å². The van der Waals surface area contributed by atoms with Crippen LogP contribution in [-0.2, 0) is 6.42 Å². The maximum absolute atomic E-state index is 8.65. The molecular weight excluding hydrogens is 158 g/mol. The molecule has 0 atom stereocenters. The summed E-state index contributed by atoms with van der Waals surface area (Å²) < 4.78 is 0. The number of hydrogen-bond donors (Lipinski definition) is 0. The van der Waals surface area contributed by atoms with E-state index in [1.54, 1.807) is 6.08 Å². The van der Waals surface area contributed by atoms with Crippen LogP contribution in [0.3, 0.4) is 0 Å². The molecule has 0 N–H and O–H groups in total. The number of rotatable bonds is 4. The van der Waals surface area contributed by atoms with E-state index in [9.17, 15) is 0 Å². The van der Waals surface area contributed by atoms with Crippen molar-refractivity contribution in [3.63, 3.8) is 0 Å². The lowest BCUT2D eigenvalue weighted by Crippen LogP contribution is -1.92. The molecule has 0 saturated carbocycles. The fourth-order valence-corrected chi connectivity index (χ4v) is 1.13. The topological polar surface area (TPSA) is 23.8 Å². The molecule has 0 spiro atoms. The van der Waals surface area contributed by atoms with Crippen molar-refractivity contribution in [2.24, 2.45) is 0 Å². The van der Waals surface area contributed by atoms with E-state index in [0.29, 0.717) is 0 Å². The lowest BCUT2D eigenvalue weighted by Gasteiger charge is -2.01. The van der Waals surface area contributed by atoms with Crippen molar-refractivity contribution >= 4 is 0 Å². The van der Waals surface area contributed by atoms with E-state index in [4.69, 9.17) is 5.26 Å². The minimum atomic E-state index is 0.754. The molecule has 65 valence electrons. The monoisotopic (exact) mass is 170 g/mol. The van der Waals surface area contributed by atoms with Crippen molar-refractivity contribution in [2.45, 2.75) is 12.8 Å². The second-order valence-corrected chi connectivity index (χ2v) is 2.83. The Labute approximate surface area is 79.3 Å². The van der Waals surface area contributed by atoms with Crippen LogP contribution in [0.5, 0.6) is 0 Å². The zero-order valence-corrected chi connectivity index (χ0v) is 7.53. The highest BCUT2D eigenvalue weighted by Crippen LogP contribution is 2.11. The molecule has 1 aromatic carbocycles. The number of aryl methyl sites for hydroxylation is 1. The number of benzene rings is 1. The Balaban J connectivity index is 2.44. The Morgan fingerprint density at radius 1 is 1.38 bits per heavy atom. The van der Waals surface area contributed by atoms with E-state index < -0.39 is 0 Å². The van der Waals surface area contributed by atoms with Gasteiger partial charge >= 0.3 is 0 Å². The summed E-state index contributed by atoms with van der Waals surface area (Å²) in [5.41, 5.74) is 1.26. The van der Waals surface area contributed by atoms with Gasteiger partial charge in [0.1, 0.15) is 0 Å². The second kappa shape index (κ2) is 5.16. The minimum absolute atomic E-state index is 0.754. The molecule has 0 aromatic heterocycles. The smallest absolute Gasteiger partial charge is 0.0974 e. The molecule has 1 nitrogen and oxygen atoms in total. The van der Waals surface area contributed by atoms with Gasteiger partial charge in [0.25, 0.3) is 0 Å². The number of nitriles is 1. The molecule has 1 radical (unpaired) electrons. The number of hydrogen-bond acceptors (Lipinski definition) is 1. The molecule has 1 heteroatoms. The molecule has 1 aromatic rings. The summed E-state index contributed by atoms with van der Waals surface area (Å²) in [5, 5.41) is 8.65. The van der Waals surface area contributed by atoms with Gasteiger partial charge in [-0.2, -0.15) is 5.26 Å². The van der Waals surface area contributed by atoms with Gasteiger partial charge in [0.15, 0.2) is 0 Å². The third-order valence-electron chi connectivity index (χ3n) is 1.92. The molecule has 0 unspecified atom stereocenters. The van der Waals surface area contributed by atoms with Gasteiger partial charge in [0.05, 0.1) is 12.0 Å². The first-order chi connectivity index (χ1) is 6.36. The van der Waals surface area contributed by atoms with Crippen molar-refractivity contribution in [1.82, 2.24) is 0 Å². The van der Waals surface area contributed by atoms with Gasteiger partial charge in [0, 0.05) is 0 Å². The Kier molecular flexibility index (Phi) is 3.78. The van der Waals surface area contributed by atoms with E-state index in [1.807, 2.05) is 18.2 Å². The van der Waals surface area contributed by atoms with Crippen molar-refractivity contribution < 1.29 is 0 Å². The molecule has 13 heavy (non-hydrogen) atoms. The molecule has 0 aliphatic heterocycles. The second-order valence-electron chi connectivity index (χ2n) is 2.83. The maximum atomic E-state index is 8.65. The molecule has 0 heterocycles. The molecule has 0 amide bonds. The first kappa shape index (κ1) is 9.54. The zero-order chi connectivity index (χ0) is 9.52. The quantitative estimate of drug-likeness (QED) is 0.681. The van der Waals surface area contributed by atoms with Crippen LogP contribution in [0.2, 0.25) is 0 Å². The van der Waals surface area contributed by atoms with Gasteiger partial charge in [-0.3, -0.25) is 0 Å². The third kappa shape index (κ3) is 3.13. The summed E-state index contributed by atoms with van der Waals surface area (Å²) in [7, 11) is 0. The fourth-order valence-electron chi connectivity index (χ4n) is 1.13.